The Balaban J connectivity index is 1.96. The molecule has 0 bridgehead atoms. The average molecular weight is 341 g/mol. The number of carbonyl (C=O) groups excluding carboxylic acids is 1. The molecule has 0 unspecified atom stereocenters. The zero-order chi connectivity index (χ0) is 17.8. The third-order valence-electron chi connectivity index (χ3n) is 4.29. The van der Waals surface area contributed by atoms with Gasteiger partial charge in [-0.2, -0.15) is 0 Å². The second-order valence-electron chi connectivity index (χ2n) is 5.94. The van der Waals surface area contributed by atoms with Crippen LogP contribution in [0.5, 0.6) is 0 Å². The van der Waals surface area contributed by atoms with Gasteiger partial charge in [-0.25, -0.2) is 0 Å². The summed E-state index contributed by atoms with van der Waals surface area (Å²) in [6.45, 7) is 0.679. The topological polar surface area (TPSA) is 107 Å². The molecule has 0 aliphatic carbocycles. The van der Waals surface area contributed by atoms with E-state index in [1.54, 1.807) is 0 Å². The maximum Gasteiger partial charge on any atom is 0.293 e. The number of hydrogen-bond acceptors (Lipinski definition) is 5. The van der Waals surface area contributed by atoms with E-state index in [9.17, 15) is 14.9 Å². The molecular formula is C18H19N3O4. The van der Waals surface area contributed by atoms with E-state index >= 15 is 0 Å². The molecule has 2 aromatic rings. The van der Waals surface area contributed by atoms with Crippen molar-refractivity contribution in [3.63, 3.8) is 0 Å². The Bertz CT molecular complexity index is 773. The highest BCUT2D eigenvalue weighted by atomic mass is 16.6. The van der Waals surface area contributed by atoms with Gasteiger partial charge in [0.1, 0.15) is 5.69 Å². The molecule has 25 heavy (non-hydrogen) atoms. The standard InChI is InChI=1S/C18H19N3O4/c19-18(22)13-8-9-14(15(11-13)21(23)24)20-17(16-7-4-10-25-16)12-5-2-1-3-6-12/h1-3,5-6,8-9,11,16-17,20H,4,7,10H2,(H2,19,22)/t16-,17-/m0/s1. The Morgan fingerprint density at radius 1 is 1.28 bits per heavy atom. The lowest BCUT2D eigenvalue weighted by Crippen LogP contribution is -2.25. The van der Waals surface area contributed by atoms with Crippen LogP contribution in [0.25, 0.3) is 0 Å². The lowest BCUT2D eigenvalue weighted by molar-refractivity contribution is -0.384. The Hall–Kier alpha value is -2.93. The van der Waals surface area contributed by atoms with Crippen molar-refractivity contribution in [2.45, 2.75) is 25.0 Å². The number of hydrogen-bond donors (Lipinski definition) is 2. The van der Waals surface area contributed by atoms with Gasteiger partial charge in [0.2, 0.25) is 5.91 Å². The molecule has 1 saturated heterocycles. The molecule has 1 amide bonds. The highest BCUT2D eigenvalue weighted by molar-refractivity contribution is 5.94. The molecule has 130 valence electrons. The first-order valence-electron chi connectivity index (χ1n) is 8.07. The van der Waals surface area contributed by atoms with Crippen molar-refractivity contribution >= 4 is 17.3 Å². The van der Waals surface area contributed by atoms with E-state index in [1.165, 1.54) is 18.2 Å². The molecule has 0 aromatic heterocycles. The summed E-state index contributed by atoms with van der Waals surface area (Å²) in [6.07, 6.45) is 1.76. The van der Waals surface area contributed by atoms with Crippen LogP contribution in [0.15, 0.2) is 48.5 Å². The van der Waals surface area contributed by atoms with Gasteiger partial charge in [0.15, 0.2) is 0 Å². The van der Waals surface area contributed by atoms with E-state index in [0.29, 0.717) is 12.3 Å². The van der Waals surface area contributed by atoms with E-state index in [4.69, 9.17) is 10.5 Å². The Morgan fingerprint density at radius 2 is 2.04 bits per heavy atom. The minimum absolute atomic E-state index is 0.0715. The predicted octanol–water partition coefficient (Wildman–Crippen LogP) is 3.03. The van der Waals surface area contributed by atoms with Crippen molar-refractivity contribution in [3.8, 4) is 0 Å². The second-order valence-corrected chi connectivity index (χ2v) is 5.94. The van der Waals surface area contributed by atoms with E-state index in [0.717, 1.165) is 18.4 Å². The van der Waals surface area contributed by atoms with Crippen LogP contribution in [0.3, 0.4) is 0 Å². The first-order chi connectivity index (χ1) is 12.1. The monoisotopic (exact) mass is 341 g/mol. The zero-order valence-electron chi connectivity index (χ0n) is 13.6. The molecule has 3 rings (SSSR count). The third-order valence-corrected chi connectivity index (χ3v) is 4.29. The number of primary amides is 1. The summed E-state index contributed by atoms with van der Waals surface area (Å²) in [5.41, 5.74) is 6.46. The number of nitrogens with zero attached hydrogens (tertiary/aromatic N) is 1. The van der Waals surface area contributed by atoms with Gasteiger partial charge in [-0.1, -0.05) is 30.3 Å². The molecule has 2 atom stereocenters. The largest absolute Gasteiger partial charge is 0.376 e. The number of rotatable bonds is 6. The lowest BCUT2D eigenvalue weighted by Gasteiger charge is -2.25. The fraction of sp³-hybridized carbons (Fsp3) is 0.278. The van der Waals surface area contributed by atoms with Gasteiger partial charge in [0, 0.05) is 18.2 Å². The molecule has 1 aliphatic rings. The van der Waals surface area contributed by atoms with Crippen LogP contribution in [0.4, 0.5) is 11.4 Å². The quantitative estimate of drug-likeness (QED) is 0.620. The number of ether oxygens (including phenoxy) is 1. The summed E-state index contributed by atoms with van der Waals surface area (Å²) in [4.78, 5) is 22.2. The minimum atomic E-state index is -0.701. The molecular weight excluding hydrogens is 322 g/mol. The SMILES string of the molecule is NC(=O)c1ccc(N[C@@H](c2ccccc2)[C@@H]2CCCO2)c([N+](=O)[O-])c1. The van der Waals surface area contributed by atoms with Gasteiger partial charge < -0.3 is 15.8 Å². The summed E-state index contributed by atoms with van der Waals surface area (Å²) in [6, 6.07) is 13.7. The maximum absolute atomic E-state index is 11.4. The zero-order valence-corrected chi connectivity index (χ0v) is 13.6. The number of nitrogens with one attached hydrogen (secondary N) is 1. The number of nitro benzene ring substituents is 1. The van der Waals surface area contributed by atoms with Crippen LogP contribution in [0.1, 0.15) is 34.8 Å². The van der Waals surface area contributed by atoms with E-state index in [2.05, 4.69) is 5.32 Å². The number of carbonyl (C=O) groups is 1. The first-order valence-corrected chi connectivity index (χ1v) is 8.07. The van der Waals surface area contributed by atoms with Crippen molar-refractivity contribution in [2.75, 3.05) is 11.9 Å². The summed E-state index contributed by atoms with van der Waals surface area (Å²) < 4.78 is 5.80. The van der Waals surface area contributed by atoms with Crippen molar-refractivity contribution < 1.29 is 14.5 Å². The molecule has 0 spiro atoms. The van der Waals surface area contributed by atoms with E-state index in [1.807, 2.05) is 30.3 Å². The second kappa shape index (κ2) is 7.31. The predicted molar refractivity (Wildman–Crippen MR) is 93.4 cm³/mol. The Kier molecular flexibility index (Phi) is 4.95. The molecule has 0 radical (unpaired) electrons. The van der Waals surface area contributed by atoms with Crippen LogP contribution in [0.2, 0.25) is 0 Å². The highest BCUT2D eigenvalue weighted by Gasteiger charge is 2.29. The van der Waals surface area contributed by atoms with Crippen molar-refractivity contribution in [1.29, 1.82) is 0 Å². The number of anilines is 1. The molecule has 1 fully saturated rings. The molecule has 7 nitrogen and oxygen atoms in total. The third kappa shape index (κ3) is 3.77. The van der Waals surface area contributed by atoms with Crippen LogP contribution < -0.4 is 11.1 Å². The summed E-state index contributed by atoms with van der Waals surface area (Å²) >= 11 is 0. The van der Waals surface area contributed by atoms with Crippen molar-refractivity contribution in [1.82, 2.24) is 0 Å². The van der Waals surface area contributed by atoms with E-state index in [-0.39, 0.29) is 23.4 Å². The molecule has 3 N–H and O–H groups in total. The highest BCUT2D eigenvalue weighted by Crippen LogP contribution is 2.34. The normalized spacial score (nSPS) is 17.8. The Morgan fingerprint density at radius 3 is 2.64 bits per heavy atom. The average Bonchev–Trinajstić information content (AvgIpc) is 3.14. The number of benzene rings is 2. The van der Waals surface area contributed by atoms with E-state index < -0.39 is 10.8 Å². The minimum Gasteiger partial charge on any atom is -0.376 e. The van der Waals surface area contributed by atoms with Crippen LogP contribution in [-0.4, -0.2) is 23.5 Å². The van der Waals surface area contributed by atoms with Gasteiger partial charge in [-0.3, -0.25) is 14.9 Å². The lowest BCUT2D eigenvalue weighted by atomic mass is 9.98. The first kappa shape index (κ1) is 16.9. The van der Waals surface area contributed by atoms with Gasteiger partial charge in [-0.05, 0) is 30.5 Å². The fourth-order valence-electron chi connectivity index (χ4n) is 3.04. The smallest absolute Gasteiger partial charge is 0.293 e. The van der Waals surface area contributed by atoms with Crippen LogP contribution in [0, 0.1) is 10.1 Å². The van der Waals surface area contributed by atoms with Crippen LogP contribution in [-0.2, 0) is 4.74 Å². The maximum atomic E-state index is 11.4. The van der Waals surface area contributed by atoms with Gasteiger partial charge >= 0.3 is 0 Å². The van der Waals surface area contributed by atoms with Gasteiger partial charge in [0.05, 0.1) is 17.1 Å². The molecule has 1 aliphatic heterocycles. The van der Waals surface area contributed by atoms with Crippen molar-refractivity contribution in [3.05, 3.63) is 69.8 Å². The molecule has 1 heterocycles. The fourth-order valence-corrected chi connectivity index (χ4v) is 3.04. The molecule has 0 saturated carbocycles. The van der Waals surface area contributed by atoms with Crippen LogP contribution >= 0.6 is 0 Å². The summed E-state index contributed by atoms with van der Waals surface area (Å²) in [5, 5.41) is 14.7. The summed E-state index contributed by atoms with van der Waals surface area (Å²) in [5.74, 6) is -0.701. The number of nitrogens with two attached hydrogens (primary N) is 1. The number of nitro groups is 1. The number of amides is 1. The Labute approximate surface area is 144 Å². The molecule has 7 heteroatoms. The van der Waals surface area contributed by atoms with Gasteiger partial charge in [-0.15, -0.1) is 0 Å². The van der Waals surface area contributed by atoms with Crippen molar-refractivity contribution in [2.24, 2.45) is 5.73 Å². The summed E-state index contributed by atoms with van der Waals surface area (Å²) in [7, 11) is 0. The molecule has 2 aromatic carbocycles. The van der Waals surface area contributed by atoms with Gasteiger partial charge in [0.25, 0.3) is 5.69 Å².